The Labute approximate surface area is 101 Å². The van der Waals surface area contributed by atoms with E-state index in [1.807, 2.05) is 7.05 Å². The van der Waals surface area contributed by atoms with E-state index in [-0.39, 0.29) is 5.82 Å². The molecular weight excluding hydrogens is 225 g/mol. The van der Waals surface area contributed by atoms with Crippen molar-refractivity contribution in [1.82, 2.24) is 5.32 Å². The minimum absolute atomic E-state index is 0.264. The zero-order valence-corrected chi connectivity index (χ0v) is 10.4. The Morgan fingerprint density at radius 2 is 2.19 bits per heavy atom. The molecule has 1 fully saturated rings. The molecule has 1 aliphatic rings. The summed E-state index contributed by atoms with van der Waals surface area (Å²) in [7, 11) is 1.98. The molecule has 0 saturated heterocycles. The van der Waals surface area contributed by atoms with Crippen molar-refractivity contribution in [3.8, 4) is 0 Å². The van der Waals surface area contributed by atoms with Gasteiger partial charge in [-0.05, 0) is 56.3 Å². The van der Waals surface area contributed by atoms with Crippen molar-refractivity contribution in [3.63, 3.8) is 0 Å². The van der Waals surface area contributed by atoms with Crippen LogP contribution in [-0.4, -0.2) is 13.1 Å². The molecule has 88 valence electrons. The molecule has 0 aliphatic heterocycles. The van der Waals surface area contributed by atoms with Crippen LogP contribution >= 0.6 is 11.6 Å². The zero-order valence-electron chi connectivity index (χ0n) is 9.69. The average molecular weight is 242 g/mol. The molecule has 2 rings (SSSR count). The van der Waals surface area contributed by atoms with Gasteiger partial charge in [-0.3, -0.25) is 0 Å². The van der Waals surface area contributed by atoms with Gasteiger partial charge in [0.25, 0.3) is 0 Å². The predicted octanol–water partition coefficient (Wildman–Crippen LogP) is 3.41. The number of halogens is 2. The van der Waals surface area contributed by atoms with Crippen LogP contribution in [0.5, 0.6) is 0 Å². The normalized spacial score (nSPS) is 19.5. The quantitative estimate of drug-likeness (QED) is 0.852. The standard InChI is InChI=1S/C13H17ClFN/c1-9(16-2)13(5-6-13)8-10-3-4-11(15)7-12(10)14/h3-4,7,9,16H,5-6,8H2,1-2H3. The van der Waals surface area contributed by atoms with Crippen molar-refractivity contribution >= 4 is 11.6 Å². The lowest BCUT2D eigenvalue weighted by Crippen LogP contribution is -2.33. The molecule has 0 radical (unpaired) electrons. The summed E-state index contributed by atoms with van der Waals surface area (Å²) in [5.41, 5.74) is 1.39. The van der Waals surface area contributed by atoms with E-state index in [2.05, 4.69) is 12.2 Å². The van der Waals surface area contributed by atoms with E-state index in [0.717, 1.165) is 12.0 Å². The monoisotopic (exact) mass is 241 g/mol. The van der Waals surface area contributed by atoms with Crippen molar-refractivity contribution in [2.45, 2.75) is 32.2 Å². The van der Waals surface area contributed by atoms with Gasteiger partial charge >= 0.3 is 0 Å². The molecule has 0 spiro atoms. The van der Waals surface area contributed by atoms with Gasteiger partial charge in [0, 0.05) is 11.1 Å². The number of hydrogen-bond acceptors (Lipinski definition) is 1. The third-order valence-corrected chi connectivity index (χ3v) is 4.15. The summed E-state index contributed by atoms with van der Waals surface area (Å²) >= 11 is 6.05. The Morgan fingerprint density at radius 1 is 1.50 bits per heavy atom. The van der Waals surface area contributed by atoms with Crippen molar-refractivity contribution in [1.29, 1.82) is 0 Å². The summed E-state index contributed by atoms with van der Waals surface area (Å²) in [5, 5.41) is 3.85. The van der Waals surface area contributed by atoms with Gasteiger partial charge in [0.05, 0.1) is 0 Å². The first-order valence-electron chi connectivity index (χ1n) is 5.68. The molecule has 1 nitrogen and oxygen atoms in total. The second-order valence-electron chi connectivity index (χ2n) is 4.79. The highest BCUT2D eigenvalue weighted by molar-refractivity contribution is 6.31. The zero-order chi connectivity index (χ0) is 11.8. The maximum absolute atomic E-state index is 12.9. The van der Waals surface area contributed by atoms with E-state index < -0.39 is 0 Å². The Bertz CT molecular complexity index is 388. The van der Waals surface area contributed by atoms with Gasteiger partial charge in [-0.25, -0.2) is 4.39 Å². The van der Waals surface area contributed by atoms with Gasteiger partial charge < -0.3 is 5.32 Å². The number of hydrogen-bond donors (Lipinski definition) is 1. The summed E-state index contributed by atoms with van der Waals surface area (Å²) in [6.07, 6.45) is 3.39. The second-order valence-corrected chi connectivity index (χ2v) is 5.19. The van der Waals surface area contributed by atoms with Crippen molar-refractivity contribution in [2.75, 3.05) is 7.05 Å². The van der Waals surface area contributed by atoms with Gasteiger partial charge in [0.15, 0.2) is 0 Å². The Balaban J connectivity index is 2.15. The van der Waals surface area contributed by atoms with E-state index in [9.17, 15) is 4.39 Å². The van der Waals surface area contributed by atoms with Gasteiger partial charge in [-0.2, -0.15) is 0 Å². The van der Waals surface area contributed by atoms with Gasteiger partial charge in [0.2, 0.25) is 0 Å². The molecule has 1 aromatic carbocycles. The number of rotatable bonds is 4. The number of benzene rings is 1. The predicted molar refractivity (Wildman–Crippen MR) is 65.3 cm³/mol. The largest absolute Gasteiger partial charge is 0.317 e. The maximum atomic E-state index is 12.9. The van der Waals surface area contributed by atoms with Gasteiger partial charge in [-0.15, -0.1) is 0 Å². The van der Waals surface area contributed by atoms with Crippen molar-refractivity contribution in [3.05, 3.63) is 34.6 Å². The first kappa shape index (κ1) is 11.9. The topological polar surface area (TPSA) is 12.0 Å². The summed E-state index contributed by atoms with van der Waals surface area (Å²) < 4.78 is 12.9. The molecule has 0 aromatic heterocycles. The van der Waals surface area contributed by atoms with Crippen LogP contribution in [0.2, 0.25) is 5.02 Å². The van der Waals surface area contributed by atoms with E-state index in [4.69, 9.17) is 11.6 Å². The van der Waals surface area contributed by atoms with Crippen LogP contribution in [0.1, 0.15) is 25.3 Å². The highest BCUT2D eigenvalue weighted by Gasteiger charge is 2.46. The summed E-state index contributed by atoms with van der Waals surface area (Å²) in [5.74, 6) is -0.264. The lowest BCUT2D eigenvalue weighted by atomic mass is 9.90. The van der Waals surface area contributed by atoms with E-state index in [1.165, 1.54) is 25.0 Å². The minimum atomic E-state index is -0.264. The van der Waals surface area contributed by atoms with Gasteiger partial charge in [-0.1, -0.05) is 17.7 Å². The molecule has 1 unspecified atom stereocenters. The van der Waals surface area contributed by atoms with Crippen LogP contribution in [0.4, 0.5) is 4.39 Å². The van der Waals surface area contributed by atoms with Crippen LogP contribution in [0, 0.1) is 11.2 Å². The summed E-state index contributed by atoms with van der Waals surface area (Å²) in [4.78, 5) is 0. The molecule has 1 aromatic rings. The SMILES string of the molecule is CNC(C)C1(Cc2ccc(F)cc2Cl)CC1. The molecule has 1 saturated carbocycles. The third-order valence-electron chi connectivity index (χ3n) is 3.80. The average Bonchev–Trinajstić information content (AvgIpc) is 3.02. The van der Waals surface area contributed by atoms with Crippen LogP contribution in [-0.2, 0) is 6.42 Å². The molecule has 3 heteroatoms. The Kier molecular flexibility index (Phi) is 3.22. The van der Waals surface area contributed by atoms with E-state index >= 15 is 0 Å². The van der Waals surface area contributed by atoms with Crippen LogP contribution in [0.25, 0.3) is 0 Å². The van der Waals surface area contributed by atoms with Crippen molar-refractivity contribution < 1.29 is 4.39 Å². The highest BCUT2D eigenvalue weighted by atomic mass is 35.5. The first-order valence-corrected chi connectivity index (χ1v) is 6.06. The fraction of sp³-hybridized carbons (Fsp3) is 0.538. The van der Waals surface area contributed by atoms with E-state index in [0.29, 0.717) is 16.5 Å². The lowest BCUT2D eigenvalue weighted by Gasteiger charge is -2.23. The number of nitrogens with one attached hydrogen (secondary N) is 1. The fourth-order valence-corrected chi connectivity index (χ4v) is 2.51. The maximum Gasteiger partial charge on any atom is 0.124 e. The highest BCUT2D eigenvalue weighted by Crippen LogP contribution is 2.51. The second kappa shape index (κ2) is 4.34. The Morgan fingerprint density at radius 3 is 2.69 bits per heavy atom. The van der Waals surface area contributed by atoms with Crippen LogP contribution in [0.3, 0.4) is 0 Å². The smallest absolute Gasteiger partial charge is 0.124 e. The molecule has 0 bridgehead atoms. The molecule has 1 atom stereocenters. The fourth-order valence-electron chi connectivity index (χ4n) is 2.27. The van der Waals surface area contributed by atoms with Crippen LogP contribution in [0.15, 0.2) is 18.2 Å². The third kappa shape index (κ3) is 2.23. The Hall–Kier alpha value is -0.600. The lowest BCUT2D eigenvalue weighted by molar-refractivity contribution is 0.369. The van der Waals surface area contributed by atoms with Gasteiger partial charge in [0.1, 0.15) is 5.82 Å². The first-order chi connectivity index (χ1) is 7.57. The van der Waals surface area contributed by atoms with E-state index in [1.54, 1.807) is 6.07 Å². The molecular formula is C13H17ClFN. The summed E-state index contributed by atoms with van der Waals surface area (Å²) in [6.45, 7) is 2.20. The minimum Gasteiger partial charge on any atom is -0.317 e. The molecule has 0 amide bonds. The molecule has 0 heterocycles. The van der Waals surface area contributed by atoms with Crippen LogP contribution < -0.4 is 5.32 Å². The van der Waals surface area contributed by atoms with Crippen molar-refractivity contribution in [2.24, 2.45) is 5.41 Å². The molecule has 1 aliphatic carbocycles. The molecule has 1 N–H and O–H groups in total. The molecule has 16 heavy (non-hydrogen) atoms. The summed E-state index contributed by atoms with van der Waals surface area (Å²) in [6, 6.07) is 5.17.